The van der Waals surface area contributed by atoms with Crippen LogP contribution in [-0.2, 0) is 4.74 Å². The standard InChI is InChI=1S/C13H15F3N2O3/c14-13(15,16)8-21-12-10(2-1-4-17-12)11(19)18-6-9-3-5-20-7-9/h1-2,4,9H,3,5-8H2,(H,18,19)/t9-/m0/s1. The van der Waals surface area contributed by atoms with E-state index in [0.717, 1.165) is 6.42 Å². The fraction of sp³-hybridized carbons (Fsp3) is 0.538. The first kappa shape index (κ1) is 15.6. The van der Waals surface area contributed by atoms with Crippen LogP contribution >= 0.6 is 0 Å². The minimum Gasteiger partial charge on any atom is -0.467 e. The lowest BCUT2D eigenvalue weighted by molar-refractivity contribution is -0.154. The van der Waals surface area contributed by atoms with Crippen molar-refractivity contribution < 1.29 is 27.4 Å². The molecular weight excluding hydrogens is 289 g/mol. The summed E-state index contributed by atoms with van der Waals surface area (Å²) < 4.78 is 46.2. The number of aromatic nitrogens is 1. The van der Waals surface area contributed by atoms with Gasteiger partial charge in [0.1, 0.15) is 5.56 Å². The molecule has 0 radical (unpaired) electrons. The van der Waals surface area contributed by atoms with E-state index in [0.29, 0.717) is 19.8 Å². The van der Waals surface area contributed by atoms with Gasteiger partial charge in [-0.15, -0.1) is 0 Å². The molecule has 0 saturated carbocycles. The summed E-state index contributed by atoms with van der Waals surface area (Å²) in [5.41, 5.74) is -0.0133. The first-order chi connectivity index (χ1) is 9.96. The molecular formula is C13H15F3N2O3. The zero-order chi connectivity index (χ0) is 15.3. The van der Waals surface area contributed by atoms with Crippen LogP contribution in [0.2, 0.25) is 0 Å². The number of nitrogens with one attached hydrogen (secondary N) is 1. The van der Waals surface area contributed by atoms with Gasteiger partial charge in [0.15, 0.2) is 6.61 Å². The van der Waals surface area contributed by atoms with Crippen LogP contribution < -0.4 is 10.1 Å². The van der Waals surface area contributed by atoms with Crippen LogP contribution in [0.1, 0.15) is 16.8 Å². The van der Waals surface area contributed by atoms with E-state index in [1.54, 1.807) is 0 Å². The molecule has 2 rings (SSSR count). The zero-order valence-electron chi connectivity index (χ0n) is 11.2. The minimum absolute atomic E-state index is 0.0133. The Balaban J connectivity index is 1.95. The van der Waals surface area contributed by atoms with E-state index in [1.807, 2.05) is 0 Å². The second-order valence-electron chi connectivity index (χ2n) is 4.70. The van der Waals surface area contributed by atoms with Crippen LogP contribution in [0.3, 0.4) is 0 Å². The Kier molecular flexibility index (Phi) is 5.00. The fourth-order valence-corrected chi connectivity index (χ4v) is 1.91. The summed E-state index contributed by atoms with van der Waals surface area (Å²) in [6.07, 6.45) is -2.36. The molecule has 116 valence electrons. The van der Waals surface area contributed by atoms with Gasteiger partial charge in [-0.3, -0.25) is 4.79 Å². The molecule has 21 heavy (non-hydrogen) atoms. The highest BCUT2D eigenvalue weighted by Crippen LogP contribution is 2.20. The van der Waals surface area contributed by atoms with Crippen LogP contribution in [-0.4, -0.2) is 43.4 Å². The van der Waals surface area contributed by atoms with Gasteiger partial charge in [-0.2, -0.15) is 13.2 Å². The Labute approximate surface area is 119 Å². The summed E-state index contributed by atoms with van der Waals surface area (Å²) in [5.74, 6) is -0.604. The number of hydrogen-bond acceptors (Lipinski definition) is 4. The van der Waals surface area contributed by atoms with E-state index in [-0.39, 0.29) is 17.4 Å². The Morgan fingerprint density at radius 1 is 1.52 bits per heavy atom. The predicted octanol–water partition coefficient (Wildman–Crippen LogP) is 1.79. The van der Waals surface area contributed by atoms with Gasteiger partial charge in [0, 0.05) is 25.3 Å². The van der Waals surface area contributed by atoms with Gasteiger partial charge in [-0.25, -0.2) is 4.98 Å². The van der Waals surface area contributed by atoms with Crippen LogP contribution in [0, 0.1) is 5.92 Å². The summed E-state index contributed by atoms with van der Waals surface area (Å²) in [6.45, 7) is 0.158. The molecule has 8 heteroatoms. The highest BCUT2D eigenvalue weighted by Gasteiger charge is 2.29. The van der Waals surface area contributed by atoms with Crippen molar-refractivity contribution in [2.75, 3.05) is 26.4 Å². The lowest BCUT2D eigenvalue weighted by Gasteiger charge is -2.13. The molecule has 1 atom stereocenters. The van der Waals surface area contributed by atoms with Crippen molar-refractivity contribution in [3.8, 4) is 5.88 Å². The molecule has 1 saturated heterocycles. The molecule has 1 aliphatic rings. The number of amides is 1. The Morgan fingerprint density at radius 2 is 2.33 bits per heavy atom. The van der Waals surface area contributed by atoms with Crippen molar-refractivity contribution in [3.05, 3.63) is 23.9 Å². The van der Waals surface area contributed by atoms with Gasteiger partial charge >= 0.3 is 6.18 Å². The van der Waals surface area contributed by atoms with E-state index in [1.165, 1.54) is 18.3 Å². The van der Waals surface area contributed by atoms with Crippen molar-refractivity contribution in [3.63, 3.8) is 0 Å². The SMILES string of the molecule is O=C(NC[C@@H]1CCOC1)c1cccnc1OCC(F)(F)F. The molecule has 5 nitrogen and oxygen atoms in total. The third kappa shape index (κ3) is 4.89. The lowest BCUT2D eigenvalue weighted by atomic mass is 10.1. The Hall–Kier alpha value is -1.83. The van der Waals surface area contributed by atoms with Crippen molar-refractivity contribution in [2.24, 2.45) is 5.92 Å². The normalized spacial score (nSPS) is 18.5. The van der Waals surface area contributed by atoms with Gasteiger partial charge in [0.25, 0.3) is 5.91 Å². The molecule has 1 aliphatic heterocycles. The van der Waals surface area contributed by atoms with Crippen molar-refractivity contribution in [1.29, 1.82) is 0 Å². The fourth-order valence-electron chi connectivity index (χ4n) is 1.91. The van der Waals surface area contributed by atoms with Crippen LogP contribution in [0.25, 0.3) is 0 Å². The molecule has 0 aromatic carbocycles. The number of hydrogen-bond donors (Lipinski definition) is 1. The van der Waals surface area contributed by atoms with Crippen molar-refractivity contribution in [2.45, 2.75) is 12.6 Å². The molecule has 1 amide bonds. The van der Waals surface area contributed by atoms with Gasteiger partial charge in [0.2, 0.25) is 5.88 Å². The topological polar surface area (TPSA) is 60.5 Å². The molecule has 0 unspecified atom stereocenters. The summed E-state index contributed by atoms with van der Waals surface area (Å²) in [6, 6.07) is 2.84. The maximum Gasteiger partial charge on any atom is 0.422 e. The molecule has 1 aromatic rings. The quantitative estimate of drug-likeness (QED) is 0.901. The molecule has 2 heterocycles. The Morgan fingerprint density at radius 3 is 3.00 bits per heavy atom. The summed E-state index contributed by atoms with van der Waals surface area (Å²) in [5, 5.41) is 2.66. The monoisotopic (exact) mass is 304 g/mol. The molecule has 0 aliphatic carbocycles. The van der Waals surface area contributed by atoms with E-state index in [4.69, 9.17) is 4.74 Å². The molecule has 1 aromatic heterocycles. The maximum atomic E-state index is 12.2. The Bertz CT molecular complexity index is 488. The second-order valence-corrected chi connectivity index (χ2v) is 4.70. The first-order valence-corrected chi connectivity index (χ1v) is 6.46. The highest BCUT2D eigenvalue weighted by atomic mass is 19.4. The van der Waals surface area contributed by atoms with E-state index >= 15 is 0 Å². The lowest BCUT2D eigenvalue weighted by Crippen LogP contribution is -2.30. The number of ether oxygens (including phenoxy) is 2. The smallest absolute Gasteiger partial charge is 0.422 e. The van der Waals surface area contributed by atoms with E-state index in [2.05, 4.69) is 15.0 Å². The number of carbonyl (C=O) groups is 1. The predicted molar refractivity (Wildman–Crippen MR) is 67.0 cm³/mol. The van der Waals surface area contributed by atoms with Crippen LogP contribution in [0.15, 0.2) is 18.3 Å². The number of rotatable bonds is 5. The van der Waals surface area contributed by atoms with Crippen LogP contribution in [0.4, 0.5) is 13.2 Å². The highest BCUT2D eigenvalue weighted by molar-refractivity contribution is 5.96. The molecule has 0 spiro atoms. The first-order valence-electron chi connectivity index (χ1n) is 6.46. The van der Waals surface area contributed by atoms with Crippen molar-refractivity contribution in [1.82, 2.24) is 10.3 Å². The average Bonchev–Trinajstić information content (AvgIpc) is 2.95. The number of pyridine rings is 1. The van der Waals surface area contributed by atoms with Crippen molar-refractivity contribution >= 4 is 5.91 Å². The second kappa shape index (κ2) is 6.75. The summed E-state index contributed by atoms with van der Waals surface area (Å²) in [4.78, 5) is 15.7. The summed E-state index contributed by atoms with van der Waals surface area (Å²) >= 11 is 0. The third-order valence-electron chi connectivity index (χ3n) is 2.96. The van der Waals surface area contributed by atoms with Gasteiger partial charge in [-0.05, 0) is 18.6 Å². The number of halogens is 3. The average molecular weight is 304 g/mol. The maximum absolute atomic E-state index is 12.2. The van der Waals surface area contributed by atoms with Gasteiger partial charge in [-0.1, -0.05) is 0 Å². The van der Waals surface area contributed by atoms with Gasteiger partial charge < -0.3 is 14.8 Å². The molecule has 1 fully saturated rings. The zero-order valence-corrected chi connectivity index (χ0v) is 11.2. The molecule has 1 N–H and O–H groups in total. The largest absolute Gasteiger partial charge is 0.467 e. The minimum atomic E-state index is -4.48. The third-order valence-corrected chi connectivity index (χ3v) is 2.96. The number of nitrogens with zero attached hydrogens (tertiary/aromatic N) is 1. The van der Waals surface area contributed by atoms with E-state index in [9.17, 15) is 18.0 Å². The van der Waals surface area contributed by atoms with Crippen LogP contribution in [0.5, 0.6) is 5.88 Å². The number of carbonyl (C=O) groups excluding carboxylic acids is 1. The van der Waals surface area contributed by atoms with E-state index < -0.39 is 18.7 Å². The van der Waals surface area contributed by atoms with Gasteiger partial charge in [0.05, 0.1) is 6.61 Å². The number of alkyl halides is 3. The molecule has 0 bridgehead atoms. The summed E-state index contributed by atoms with van der Waals surface area (Å²) in [7, 11) is 0.